The highest BCUT2D eigenvalue weighted by atomic mass is 14.9. The molecular weight excluding hydrogens is 366 g/mol. The summed E-state index contributed by atoms with van der Waals surface area (Å²) in [5.74, 6) is 6.29. The first-order chi connectivity index (χ1) is 14.2. The van der Waals surface area contributed by atoms with Crippen LogP contribution in [0.25, 0.3) is 0 Å². The zero-order valence-corrected chi connectivity index (χ0v) is 19.5. The van der Waals surface area contributed by atoms with Gasteiger partial charge in [-0.25, -0.2) is 0 Å². The number of nitrogens with two attached hydrogens (primary N) is 1. The summed E-state index contributed by atoms with van der Waals surface area (Å²) < 4.78 is 0. The summed E-state index contributed by atoms with van der Waals surface area (Å²) in [4.78, 5) is 4.88. The summed E-state index contributed by atoms with van der Waals surface area (Å²) >= 11 is 0. The number of allylic oxidation sites excluding steroid dienone is 1. The number of nitrogens with zero attached hydrogens (tertiary/aromatic N) is 1. The Bertz CT molecular complexity index is 1050. The summed E-state index contributed by atoms with van der Waals surface area (Å²) in [6, 6.07) is 6.57. The lowest BCUT2D eigenvalue weighted by molar-refractivity contribution is 0.496. The fourth-order valence-electron chi connectivity index (χ4n) is 4.68. The summed E-state index contributed by atoms with van der Waals surface area (Å²) in [6.45, 7) is 14.9. The fraction of sp³-hybridized carbons (Fsp3) is 0.444. The number of rotatable bonds is 5. The third-order valence-corrected chi connectivity index (χ3v) is 6.37. The topological polar surface area (TPSA) is 50.9 Å². The Morgan fingerprint density at radius 3 is 2.50 bits per heavy atom. The molecule has 2 heterocycles. The Labute approximate surface area is 182 Å². The van der Waals surface area contributed by atoms with Crippen LogP contribution >= 0.6 is 0 Å². The van der Waals surface area contributed by atoms with E-state index in [0.717, 1.165) is 30.5 Å². The number of benzene rings is 1. The second kappa shape index (κ2) is 8.66. The lowest BCUT2D eigenvalue weighted by Gasteiger charge is -2.41. The Morgan fingerprint density at radius 2 is 1.90 bits per heavy atom. The molecule has 0 fully saturated rings. The molecule has 1 aliphatic heterocycles. The van der Waals surface area contributed by atoms with E-state index in [2.05, 4.69) is 76.9 Å². The van der Waals surface area contributed by atoms with Gasteiger partial charge in [0.05, 0.1) is 0 Å². The molecule has 3 heteroatoms. The highest BCUT2D eigenvalue weighted by Crippen LogP contribution is 2.48. The second-order valence-electron chi connectivity index (χ2n) is 8.74. The molecule has 0 saturated carbocycles. The third-order valence-electron chi connectivity index (χ3n) is 6.37. The van der Waals surface area contributed by atoms with Crippen LogP contribution in [0.15, 0.2) is 35.7 Å². The molecule has 0 amide bonds. The van der Waals surface area contributed by atoms with Gasteiger partial charge in [0.15, 0.2) is 0 Å². The molecule has 0 bridgehead atoms. The Balaban J connectivity index is 2.36. The smallest absolute Gasteiger partial charge is 0.0487 e. The number of pyridine rings is 1. The van der Waals surface area contributed by atoms with E-state index in [1.165, 1.54) is 39.2 Å². The Morgan fingerprint density at radius 1 is 1.17 bits per heavy atom. The van der Waals surface area contributed by atoms with Crippen LogP contribution in [0, 0.1) is 25.7 Å². The molecule has 3 nitrogen and oxygen atoms in total. The molecule has 1 unspecified atom stereocenters. The molecule has 2 atom stereocenters. The molecule has 2 aromatic rings. The molecule has 3 N–H and O–H groups in total. The molecule has 1 aromatic carbocycles. The molecule has 30 heavy (non-hydrogen) atoms. The van der Waals surface area contributed by atoms with E-state index in [1.54, 1.807) is 0 Å². The molecule has 0 aliphatic carbocycles. The van der Waals surface area contributed by atoms with E-state index in [1.807, 2.05) is 13.1 Å². The van der Waals surface area contributed by atoms with Gasteiger partial charge in [-0.2, -0.15) is 0 Å². The Kier molecular flexibility index (Phi) is 6.38. The van der Waals surface area contributed by atoms with Crippen molar-refractivity contribution < 1.29 is 0 Å². The standard InChI is InChI=1S/C27H35N3/c1-8-11-20-13-14-21(17(4)15-20)23-24-22(12-9-2)29-16-18(5)26(24)30-19(6)25(23)27(7,28)10-3/h13-16,23,30H,9-10,12,28H2,1-7H3/t23-,27?/m0/s1. The quantitative estimate of drug-likeness (QED) is 0.606. The summed E-state index contributed by atoms with van der Waals surface area (Å²) in [6.07, 6.45) is 4.89. The third kappa shape index (κ3) is 3.89. The molecule has 1 aliphatic rings. The van der Waals surface area contributed by atoms with Gasteiger partial charge in [0.25, 0.3) is 0 Å². The van der Waals surface area contributed by atoms with Gasteiger partial charge in [0.2, 0.25) is 0 Å². The van der Waals surface area contributed by atoms with E-state index >= 15 is 0 Å². The number of nitrogens with one attached hydrogen (secondary N) is 1. The highest BCUT2D eigenvalue weighted by Gasteiger charge is 2.39. The largest absolute Gasteiger partial charge is 0.359 e. The minimum atomic E-state index is -0.416. The van der Waals surface area contributed by atoms with Crippen molar-refractivity contribution in [1.82, 2.24) is 4.98 Å². The van der Waals surface area contributed by atoms with Crippen molar-refractivity contribution in [3.05, 3.63) is 69.2 Å². The summed E-state index contributed by atoms with van der Waals surface area (Å²) in [7, 11) is 0. The number of aromatic nitrogens is 1. The van der Waals surface area contributed by atoms with Gasteiger partial charge in [-0.05, 0) is 81.9 Å². The monoisotopic (exact) mass is 401 g/mol. The van der Waals surface area contributed by atoms with Crippen LogP contribution in [-0.2, 0) is 6.42 Å². The van der Waals surface area contributed by atoms with Crippen LogP contribution in [0.5, 0.6) is 0 Å². The van der Waals surface area contributed by atoms with Crippen LogP contribution in [0.3, 0.4) is 0 Å². The predicted molar refractivity (Wildman–Crippen MR) is 128 cm³/mol. The number of hydrogen-bond donors (Lipinski definition) is 2. The van der Waals surface area contributed by atoms with Crippen molar-refractivity contribution in [2.75, 3.05) is 5.32 Å². The maximum absolute atomic E-state index is 6.92. The average Bonchev–Trinajstić information content (AvgIpc) is 2.70. The van der Waals surface area contributed by atoms with Gasteiger partial charge < -0.3 is 11.1 Å². The Hall–Kier alpha value is -2.57. The van der Waals surface area contributed by atoms with E-state index in [0.29, 0.717) is 0 Å². The highest BCUT2D eigenvalue weighted by molar-refractivity contribution is 5.71. The molecule has 3 rings (SSSR count). The minimum Gasteiger partial charge on any atom is -0.359 e. The van der Waals surface area contributed by atoms with Crippen molar-refractivity contribution in [2.24, 2.45) is 5.73 Å². The van der Waals surface area contributed by atoms with Crippen LogP contribution in [-0.4, -0.2) is 10.5 Å². The van der Waals surface area contributed by atoms with Gasteiger partial charge in [-0.1, -0.05) is 32.3 Å². The minimum absolute atomic E-state index is 0.0915. The molecule has 0 saturated heterocycles. The zero-order valence-electron chi connectivity index (χ0n) is 19.5. The molecular formula is C27H35N3. The molecule has 1 aromatic heterocycles. The van der Waals surface area contributed by atoms with Crippen LogP contribution in [0.4, 0.5) is 5.69 Å². The van der Waals surface area contributed by atoms with Gasteiger partial charge in [-0.3, -0.25) is 4.98 Å². The van der Waals surface area contributed by atoms with Gasteiger partial charge in [0, 0.05) is 45.9 Å². The lowest BCUT2D eigenvalue weighted by atomic mass is 9.70. The number of fused-ring (bicyclic) bond motifs is 1. The molecule has 158 valence electrons. The van der Waals surface area contributed by atoms with Crippen LogP contribution in [0.1, 0.15) is 86.9 Å². The van der Waals surface area contributed by atoms with Crippen molar-refractivity contribution >= 4 is 5.69 Å². The van der Waals surface area contributed by atoms with E-state index in [9.17, 15) is 0 Å². The first-order valence-electron chi connectivity index (χ1n) is 11.0. The summed E-state index contributed by atoms with van der Waals surface area (Å²) in [5, 5.41) is 3.71. The number of anilines is 1. The lowest BCUT2D eigenvalue weighted by Crippen LogP contribution is -2.43. The van der Waals surface area contributed by atoms with E-state index in [-0.39, 0.29) is 5.92 Å². The predicted octanol–water partition coefficient (Wildman–Crippen LogP) is 5.98. The van der Waals surface area contributed by atoms with Gasteiger partial charge >= 0.3 is 0 Å². The van der Waals surface area contributed by atoms with Crippen molar-refractivity contribution in [2.45, 2.75) is 79.2 Å². The normalized spacial score (nSPS) is 17.5. The fourth-order valence-corrected chi connectivity index (χ4v) is 4.68. The van der Waals surface area contributed by atoms with E-state index in [4.69, 9.17) is 10.7 Å². The van der Waals surface area contributed by atoms with Crippen molar-refractivity contribution in [3.63, 3.8) is 0 Å². The van der Waals surface area contributed by atoms with E-state index < -0.39 is 5.54 Å². The van der Waals surface area contributed by atoms with Crippen LogP contribution in [0.2, 0.25) is 0 Å². The first-order valence-corrected chi connectivity index (χ1v) is 11.0. The van der Waals surface area contributed by atoms with Gasteiger partial charge in [0.1, 0.15) is 0 Å². The SMILES string of the molecule is CC#Cc1ccc([C@@H]2C(C(C)(N)CC)=C(C)Nc3c(C)cnc(CCC)c32)c(C)c1. The molecule has 0 radical (unpaired) electrons. The molecule has 0 spiro atoms. The first kappa shape index (κ1) is 22.1. The van der Waals surface area contributed by atoms with Gasteiger partial charge in [-0.15, -0.1) is 5.92 Å². The summed E-state index contributed by atoms with van der Waals surface area (Å²) in [5.41, 5.74) is 17.4. The second-order valence-corrected chi connectivity index (χ2v) is 8.74. The van der Waals surface area contributed by atoms with Crippen molar-refractivity contribution in [3.8, 4) is 11.8 Å². The maximum atomic E-state index is 6.92. The van der Waals surface area contributed by atoms with Crippen molar-refractivity contribution in [1.29, 1.82) is 0 Å². The maximum Gasteiger partial charge on any atom is 0.0487 e. The van der Waals surface area contributed by atoms with Crippen LogP contribution < -0.4 is 11.1 Å². The number of aryl methyl sites for hydroxylation is 3. The number of hydrogen-bond acceptors (Lipinski definition) is 3. The zero-order chi connectivity index (χ0) is 22.1. The average molecular weight is 402 g/mol.